The number of nitrogens with one attached hydrogen (secondary N) is 2. The minimum atomic E-state index is -0.173. The average Bonchev–Trinajstić information content (AvgIpc) is 2.76. The van der Waals surface area contributed by atoms with Crippen molar-refractivity contribution in [1.82, 2.24) is 14.8 Å². The molecule has 0 saturated carbocycles. The fourth-order valence-corrected chi connectivity index (χ4v) is 1.91. The molecule has 0 spiro atoms. The molecule has 1 aliphatic heterocycles. The van der Waals surface area contributed by atoms with Gasteiger partial charge in [0.15, 0.2) is 4.77 Å². The van der Waals surface area contributed by atoms with Crippen LogP contribution in [0.15, 0.2) is 4.79 Å². The summed E-state index contributed by atoms with van der Waals surface area (Å²) in [4.78, 5) is 11.2. The predicted molar refractivity (Wildman–Crippen MR) is 53.8 cm³/mol. The van der Waals surface area contributed by atoms with E-state index in [1.165, 1.54) is 4.57 Å². The van der Waals surface area contributed by atoms with Gasteiger partial charge in [-0.3, -0.25) is 9.67 Å². The normalized spacial score (nSPS) is 21.6. The van der Waals surface area contributed by atoms with E-state index in [2.05, 4.69) is 10.2 Å². The van der Waals surface area contributed by atoms with Crippen LogP contribution in [0.2, 0.25) is 0 Å². The third-order valence-corrected chi connectivity index (χ3v) is 2.79. The molecule has 0 aromatic carbocycles. The van der Waals surface area contributed by atoms with Gasteiger partial charge >= 0.3 is 5.69 Å². The van der Waals surface area contributed by atoms with Gasteiger partial charge in [-0.1, -0.05) is 0 Å². The third-order valence-electron chi connectivity index (χ3n) is 2.47. The first-order valence-electron chi connectivity index (χ1n) is 4.76. The maximum absolute atomic E-state index is 11.2. The molecule has 6 heteroatoms. The van der Waals surface area contributed by atoms with Crippen molar-refractivity contribution < 1.29 is 4.74 Å². The zero-order valence-electron chi connectivity index (χ0n) is 7.78. The summed E-state index contributed by atoms with van der Waals surface area (Å²) in [5.74, 6) is 0. The van der Waals surface area contributed by atoms with Gasteiger partial charge in [0.2, 0.25) is 0 Å². The fraction of sp³-hybridized carbons (Fsp3) is 0.750. The van der Waals surface area contributed by atoms with E-state index >= 15 is 0 Å². The SMILES string of the molecule is O=c1[nH][nH]c(=S)n1CCC1CCCO1. The number of hydrogen-bond donors (Lipinski definition) is 2. The summed E-state index contributed by atoms with van der Waals surface area (Å²) in [6, 6.07) is 0. The molecule has 0 bridgehead atoms. The topological polar surface area (TPSA) is 62.8 Å². The van der Waals surface area contributed by atoms with E-state index in [1.807, 2.05) is 0 Å². The minimum Gasteiger partial charge on any atom is -0.378 e. The van der Waals surface area contributed by atoms with E-state index in [0.717, 1.165) is 25.9 Å². The smallest absolute Gasteiger partial charge is 0.342 e. The highest BCUT2D eigenvalue weighted by Gasteiger charge is 2.15. The summed E-state index contributed by atoms with van der Waals surface area (Å²) in [5.41, 5.74) is -0.173. The molecule has 78 valence electrons. The molecule has 0 radical (unpaired) electrons. The van der Waals surface area contributed by atoms with Crippen LogP contribution in [0.4, 0.5) is 0 Å². The number of rotatable bonds is 3. The van der Waals surface area contributed by atoms with Crippen molar-refractivity contribution in [1.29, 1.82) is 0 Å². The Kier molecular flexibility index (Phi) is 2.83. The van der Waals surface area contributed by atoms with Gasteiger partial charge < -0.3 is 4.74 Å². The fourth-order valence-electron chi connectivity index (χ4n) is 1.68. The summed E-state index contributed by atoms with van der Waals surface area (Å²) in [5, 5.41) is 5.06. The molecule has 1 aromatic heterocycles. The van der Waals surface area contributed by atoms with E-state index < -0.39 is 0 Å². The first-order chi connectivity index (χ1) is 6.77. The number of H-pyrrole nitrogens is 2. The summed E-state index contributed by atoms with van der Waals surface area (Å²) >= 11 is 4.95. The number of aromatic nitrogens is 3. The molecule has 1 atom stereocenters. The van der Waals surface area contributed by atoms with Gasteiger partial charge in [-0.25, -0.2) is 9.89 Å². The Bertz CT molecular complexity index is 372. The molecule has 1 unspecified atom stereocenters. The lowest BCUT2D eigenvalue weighted by Gasteiger charge is -2.07. The van der Waals surface area contributed by atoms with Gasteiger partial charge in [0.25, 0.3) is 0 Å². The number of ether oxygens (including phenoxy) is 1. The van der Waals surface area contributed by atoms with Gasteiger partial charge in [0.05, 0.1) is 6.10 Å². The van der Waals surface area contributed by atoms with Crippen LogP contribution in [0, 0.1) is 4.77 Å². The molecule has 2 N–H and O–H groups in total. The van der Waals surface area contributed by atoms with Crippen LogP contribution >= 0.6 is 12.2 Å². The first-order valence-corrected chi connectivity index (χ1v) is 5.17. The zero-order valence-corrected chi connectivity index (χ0v) is 8.60. The van der Waals surface area contributed by atoms with Crippen molar-refractivity contribution in [2.24, 2.45) is 0 Å². The minimum absolute atomic E-state index is 0.173. The van der Waals surface area contributed by atoms with Crippen molar-refractivity contribution in [2.45, 2.75) is 31.9 Å². The lowest BCUT2D eigenvalue weighted by Crippen LogP contribution is -2.20. The Labute approximate surface area is 86.1 Å². The highest BCUT2D eigenvalue weighted by Crippen LogP contribution is 2.15. The maximum atomic E-state index is 11.2. The second kappa shape index (κ2) is 4.10. The molecule has 14 heavy (non-hydrogen) atoms. The van der Waals surface area contributed by atoms with Crippen molar-refractivity contribution in [2.75, 3.05) is 6.61 Å². The van der Waals surface area contributed by atoms with Crippen LogP contribution in [-0.2, 0) is 11.3 Å². The summed E-state index contributed by atoms with van der Waals surface area (Å²) in [6.45, 7) is 1.47. The molecule has 2 heterocycles. The van der Waals surface area contributed by atoms with E-state index in [4.69, 9.17) is 17.0 Å². The summed E-state index contributed by atoms with van der Waals surface area (Å²) < 4.78 is 7.44. The second-order valence-electron chi connectivity index (χ2n) is 3.44. The molecule has 1 aromatic rings. The average molecular weight is 215 g/mol. The lowest BCUT2D eigenvalue weighted by molar-refractivity contribution is 0.100. The number of nitrogens with zero attached hydrogens (tertiary/aromatic N) is 1. The van der Waals surface area contributed by atoms with E-state index in [1.54, 1.807) is 0 Å². The largest absolute Gasteiger partial charge is 0.378 e. The van der Waals surface area contributed by atoms with E-state index in [0.29, 0.717) is 17.4 Å². The van der Waals surface area contributed by atoms with Crippen LogP contribution in [0.1, 0.15) is 19.3 Å². The quantitative estimate of drug-likeness (QED) is 0.733. The Balaban J connectivity index is 1.97. The lowest BCUT2D eigenvalue weighted by atomic mass is 10.2. The van der Waals surface area contributed by atoms with Gasteiger partial charge in [-0.15, -0.1) is 0 Å². The van der Waals surface area contributed by atoms with Crippen LogP contribution < -0.4 is 5.69 Å². The summed E-state index contributed by atoms with van der Waals surface area (Å²) in [6.07, 6.45) is 3.37. The van der Waals surface area contributed by atoms with E-state index in [9.17, 15) is 4.79 Å². The van der Waals surface area contributed by atoms with Crippen LogP contribution in [0.25, 0.3) is 0 Å². The Morgan fingerprint density at radius 2 is 2.43 bits per heavy atom. The Morgan fingerprint density at radius 1 is 1.57 bits per heavy atom. The van der Waals surface area contributed by atoms with Crippen molar-refractivity contribution in [3.63, 3.8) is 0 Å². The highest BCUT2D eigenvalue weighted by molar-refractivity contribution is 7.71. The van der Waals surface area contributed by atoms with E-state index in [-0.39, 0.29) is 5.69 Å². The summed E-state index contributed by atoms with van der Waals surface area (Å²) in [7, 11) is 0. The first kappa shape index (κ1) is 9.67. The van der Waals surface area contributed by atoms with Gasteiger partial charge in [-0.05, 0) is 31.5 Å². The standard InChI is InChI=1S/C8H13N3O2S/c12-7-9-10-8(14)11(7)4-3-6-2-1-5-13-6/h6H,1-5H2,(H,9,12)(H,10,14). The molecular weight excluding hydrogens is 202 g/mol. The molecule has 0 amide bonds. The molecule has 1 fully saturated rings. The third kappa shape index (κ3) is 1.96. The van der Waals surface area contributed by atoms with Crippen LogP contribution in [0.3, 0.4) is 0 Å². The van der Waals surface area contributed by atoms with Crippen molar-refractivity contribution >= 4 is 12.2 Å². The number of hydrogen-bond acceptors (Lipinski definition) is 3. The molecular formula is C8H13N3O2S. The Morgan fingerprint density at radius 3 is 3.00 bits per heavy atom. The molecule has 2 rings (SSSR count). The second-order valence-corrected chi connectivity index (χ2v) is 3.82. The van der Waals surface area contributed by atoms with Gasteiger partial charge in [0, 0.05) is 13.2 Å². The van der Waals surface area contributed by atoms with Crippen molar-refractivity contribution in [3.8, 4) is 0 Å². The predicted octanol–water partition coefficient (Wildman–Crippen LogP) is 0.803. The van der Waals surface area contributed by atoms with Gasteiger partial charge in [-0.2, -0.15) is 0 Å². The number of aromatic amines is 2. The molecule has 1 saturated heterocycles. The molecule has 5 nitrogen and oxygen atoms in total. The molecule has 1 aliphatic rings. The maximum Gasteiger partial charge on any atom is 0.342 e. The highest BCUT2D eigenvalue weighted by atomic mass is 32.1. The van der Waals surface area contributed by atoms with Crippen LogP contribution in [0.5, 0.6) is 0 Å². The zero-order chi connectivity index (χ0) is 9.97. The van der Waals surface area contributed by atoms with Crippen molar-refractivity contribution in [3.05, 3.63) is 15.3 Å². The monoisotopic (exact) mass is 215 g/mol. The van der Waals surface area contributed by atoms with Gasteiger partial charge in [0.1, 0.15) is 0 Å². The Hall–Kier alpha value is -0.880. The van der Waals surface area contributed by atoms with Crippen LogP contribution in [-0.4, -0.2) is 27.5 Å². The molecule has 0 aliphatic carbocycles.